The number of nitrogens with zero attached hydrogens (tertiary/aromatic N) is 1. The van der Waals surface area contributed by atoms with Gasteiger partial charge in [0.25, 0.3) is 0 Å². The van der Waals surface area contributed by atoms with Gasteiger partial charge in [-0.3, -0.25) is 4.79 Å². The number of ether oxygens (including phenoxy) is 1. The molecule has 0 radical (unpaired) electrons. The molecule has 0 saturated heterocycles. The molecule has 0 aromatic heterocycles. The molecule has 0 N–H and O–H groups in total. The Bertz CT molecular complexity index is 166. The van der Waals surface area contributed by atoms with Crippen LogP contribution in [0.4, 0.5) is 0 Å². The highest BCUT2D eigenvalue weighted by Gasteiger charge is 2.21. The summed E-state index contributed by atoms with van der Waals surface area (Å²) >= 11 is 0. The summed E-state index contributed by atoms with van der Waals surface area (Å²) in [6.07, 6.45) is 3.23. The molecule has 0 aromatic carbocycles. The number of likely N-dealkylation sites (N-methyl/N-ethyl adjacent to an activating group) is 1. The van der Waals surface area contributed by atoms with Crippen LogP contribution in [0.15, 0.2) is 0 Å². The van der Waals surface area contributed by atoms with E-state index in [2.05, 4.69) is 0 Å². The molecule has 1 aliphatic rings. The van der Waals surface area contributed by atoms with Crippen LogP contribution in [0.3, 0.4) is 0 Å². The maximum atomic E-state index is 11.1. The fourth-order valence-corrected chi connectivity index (χ4v) is 1.13. The van der Waals surface area contributed by atoms with E-state index in [9.17, 15) is 4.79 Å². The second kappa shape index (κ2) is 5.22. The van der Waals surface area contributed by atoms with Crippen molar-refractivity contribution in [2.24, 2.45) is 5.92 Å². The quantitative estimate of drug-likeness (QED) is 0.583. The van der Waals surface area contributed by atoms with Crippen molar-refractivity contribution in [1.29, 1.82) is 0 Å². The van der Waals surface area contributed by atoms with Crippen molar-refractivity contribution >= 4 is 5.91 Å². The first-order valence-corrected chi connectivity index (χ1v) is 5.05. The molecule has 0 heterocycles. The van der Waals surface area contributed by atoms with Crippen molar-refractivity contribution in [3.05, 3.63) is 0 Å². The van der Waals surface area contributed by atoms with Crippen molar-refractivity contribution in [1.82, 2.24) is 4.90 Å². The van der Waals surface area contributed by atoms with E-state index in [1.807, 2.05) is 14.0 Å². The lowest BCUT2D eigenvalue weighted by molar-refractivity contribution is -0.130. The predicted octanol–water partition coefficient (Wildman–Crippen LogP) is 1.28. The largest absolute Gasteiger partial charge is 0.379 e. The first kappa shape index (κ1) is 10.5. The molecule has 0 unspecified atom stereocenters. The molecule has 0 spiro atoms. The molecule has 3 nitrogen and oxygen atoms in total. The van der Waals surface area contributed by atoms with E-state index >= 15 is 0 Å². The molecule has 0 aromatic rings. The zero-order valence-corrected chi connectivity index (χ0v) is 8.58. The third-order valence-electron chi connectivity index (χ3n) is 2.35. The number of hydrogen-bond donors (Lipinski definition) is 0. The molecule has 1 saturated carbocycles. The van der Waals surface area contributed by atoms with Crippen LogP contribution in [0.2, 0.25) is 0 Å². The lowest BCUT2D eigenvalue weighted by Crippen LogP contribution is -2.29. The van der Waals surface area contributed by atoms with Crippen molar-refractivity contribution < 1.29 is 9.53 Å². The van der Waals surface area contributed by atoms with E-state index in [1.54, 1.807) is 4.90 Å². The Morgan fingerprint density at radius 1 is 1.54 bits per heavy atom. The standard InChI is InChI=1S/C10H19NO2/c1-3-10(12)11(2)6-7-13-8-9-4-5-9/h9H,3-8H2,1-2H3. The number of hydrogen-bond acceptors (Lipinski definition) is 2. The fraction of sp³-hybridized carbons (Fsp3) is 0.900. The summed E-state index contributed by atoms with van der Waals surface area (Å²) < 4.78 is 5.43. The Morgan fingerprint density at radius 3 is 2.77 bits per heavy atom. The van der Waals surface area contributed by atoms with Gasteiger partial charge in [0, 0.05) is 26.6 Å². The molecule has 3 heteroatoms. The number of carbonyl (C=O) groups excluding carboxylic acids is 1. The molecule has 1 aliphatic carbocycles. The first-order valence-electron chi connectivity index (χ1n) is 5.05. The Morgan fingerprint density at radius 2 is 2.23 bits per heavy atom. The molecule has 76 valence electrons. The van der Waals surface area contributed by atoms with Crippen LogP contribution >= 0.6 is 0 Å². The van der Waals surface area contributed by atoms with Crippen molar-refractivity contribution in [3.8, 4) is 0 Å². The van der Waals surface area contributed by atoms with Gasteiger partial charge in [0.05, 0.1) is 6.61 Å². The Kier molecular flexibility index (Phi) is 4.22. The van der Waals surface area contributed by atoms with Gasteiger partial charge in [-0.25, -0.2) is 0 Å². The maximum Gasteiger partial charge on any atom is 0.222 e. The number of rotatable bonds is 6. The van der Waals surface area contributed by atoms with Crippen molar-refractivity contribution in [2.75, 3.05) is 26.8 Å². The summed E-state index contributed by atoms with van der Waals surface area (Å²) in [5.74, 6) is 1.00. The molecule has 13 heavy (non-hydrogen) atoms. The third kappa shape index (κ3) is 4.27. The summed E-state index contributed by atoms with van der Waals surface area (Å²) in [5.41, 5.74) is 0. The highest BCUT2D eigenvalue weighted by Crippen LogP contribution is 2.28. The lowest BCUT2D eigenvalue weighted by atomic mass is 10.4. The highest BCUT2D eigenvalue weighted by atomic mass is 16.5. The number of amides is 1. The zero-order chi connectivity index (χ0) is 9.68. The fourth-order valence-electron chi connectivity index (χ4n) is 1.13. The van der Waals surface area contributed by atoms with Gasteiger partial charge in [0.2, 0.25) is 5.91 Å². The SMILES string of the molecule is CCC(=O)N(C)CCOCC1CC1. The minimum Gasteiger partial charge on any atom is -0.379 e. The van der Waals surface area contributed by atoms with Gasteiger partial charge < -0.3 is 9.64 Å². The van der Waals surface area contributed by atoms with E-state index < -0.39 is 0 Å². The normalized spacial score (nSPS) is 15.8. The zero-order valence-electron chi connectivity index (χ0n) is 8.58. The van der Waals surface area contributed by atoms with Crippen LogP contribution in [0.5, 0.6) is 0 Å². The van der Waals surface area contributed by atoms with E-state index in [-0.39, 0.29) is 5.91 Å². The molecular formula is C10H19NO2. The molecular weight excluding hydrogens is 166 g/mol. The van der Waals surface area contributed by atoms with Gasteiger partial charge >= 0.3 is 0 Å². The predicted molar refractivity (Wildman–Crippen MR) is 51.5 cm³/mol. The monoisotopic (exact) mass is 185 g/mol. The smallest absolute Gasteiger partial charge is 0.222 e. The van der Waals surface area contributed by atoms with E-state index in [0.717, 1.165) is 19.1 Å². The topological polar surface area (TPSA) is 29.5 Å². The van der Waals surface area contributed by atoms with Gasteiger partial charge in [-0.2, -0.15) is 0 Å². The molecule has 1 rings (SSSR count). The first-order chi connectivity index (χ1) is 6.24. The van der Waals surface area contributed by atoms with Crippen LogP contribution in [0.1, 0.15) is 26.2 Å². The van der Waals surface area contributed by atoms with Crippen molar-refractivity contribution in [3.63, 3.8) is 0 Å². The van der Waals surface area contributed by atoms with Gasteiger partial charge in [-0.05, 0) is 18.8 Å². The molecule has 1 amide bonds. The average Bonchev–Trinajstić information content (AvgIpc) is 2.94. The molecule has 0 bridgehead atoms. The summed E-state index contributed by atoms with van der Waals surface area (Å²) in [4.78, 5) is 12.9. The second-order valence-electron chi connectivity index (χ2n) is 3.69. The van der Waals surface area contributed by atoms with Gasteiger partial charge in [-0.15, -0.1) is 0 Å². The van der Waals surface area contributed by atoms with Crippen LogP contribution in [-0.4, -0.2) is 37.6 Å². The highest BCUT2D eigenvalue weighted by molar-refractivity contribution is 5.75. The minimum absolute atomic E-state index is 0.190. The Labute approximate surface area is 80.1 Å². The van der Waals surface area contributed by atoms with Gasteiger partial charge in [-0.1, -0.05) is 6.92 Å². The second-order valence-corrected chi connectivity index (χ2v) is 3.69. The lowest BCUT2D eigenvalue weighted by Gasteiger charge is -2.15. The van der Waals surface area contributed by atoms with Crippen LogP contribution in [0.25, 0.3) is 0 Å². The average molecular weight is 185 g/mol. The van der Waals surface area contributed by atoms with E-state index in [4.69, 9.17) is 4.74 Å². The molecule has 1 fully saturated rings. The molecule has 0 aliphatic heterocycles. The van der Waals surface area contributed by atoms with Gasteiger partial charge in [0.15, 0.2) is 0 Å². The number of carbonyl (C=O) groups is 1. The Balaban J connectivity index is 1.93. The van der Waals surface area contributed by atoms with Crippen LogP contribution < -0.4 is 0 Å². The summed E-state index contributed by atoms with van der Waals surface area (Å²) in [6, 6.07) is 0. The summed E-state index contributed by atoms with van der Waals surface area (Å²) in [6.45, 7) is 4.16. The van der Waals surface area contributed by atoms with Crippen molar-refractivity contribution in [2.45, 2.75) is 26.2 Å². The van der Waals surface area contributed by atoms with Crippen LogP contribution in [0, 0.1) is 5.92 Å². The Hall–Kier alpha value is -0.570. The maximum absolute atomic E-state index is 11.1. The third-order valence-corrected chi connectivity index (χ3v) is 2.35. The van der Waals surface area contributed by atoms with Crippen LogP contribution in [-0.2, 0) is 9.53 Å². The van der Waals surface area contributed by atoms with E-state index in [1.165, 1.54) is 12.8 Å². The van der Waals surface area contributed by atoms with E-state index in [0.29, 0.717) is 13.0 Å². The summed E-state index contributed by atoms with van der Waals surface area (Å²) in [7, 11) is 1.83. The van der Waals surface area contributed by atoms with Gasteiger partial charge in [0.1, 0.15) is 0 Å². The summed E-state index contributed by atoms with van der Waals surface area (Å²) in [5, 5.41) is 0. The minimum atomic E-state index is 0.190. The molecule has 0 atom stereocenters.